The van der Waals surface area contributed by atoms with Crippen LogP contribution in [-0.4, -0.2) is 11.2 Å². The lowest BCUT2D eigenvalue weighted by atomic mass is 9.91. The third kappa shape index (κ3) is 8.29. The molecule has 0 radical (unpaired) electrons. The SMILES string of the molecule is CC(C)C[C@H](C)C[C@@H](O)CC(C)C. The second-order valence-electron chi connectivity index (χ2n) is 5.25. The first-order valence-electron chi connectivity index (χ1n) is 5.59. The molecule has 0 aromatic heterocycles. The van der Waals surface area contributed by atoms with Crippen molar-refractivity contribution in [3.63, 3.8) is 0 Å². The van der Waals surface area contributed by atoms with Gasteiger partial charge in [0.1, 0.15) is 0 Å². The molecule has 0 saturated heterocycles. The summed E-state index contributed by atoms with van der Waals surface area (Å²) in [6, 6.07) is 0. The Morgan fingerprint density at radius 3 is 1.62 bits per heavy atom. The van der Waals surface area contributed by atoms with Crippen molar-refractivity contribution in [3.8, 4) is 0 Å². The third-order valence-electron chi connectivity index (χ3n) is 2.29. The molecule has 0 amide bonds. The van der Waals surface area contributed by atoms with E-state index in [4.69, 9.17) is 0 Å². The lowest BCUT2D eigenvalue weighted by molar-refractivity contribution is 0.118. The molecule has 0 aliphatic rings. The van der Waals surface area contributed by atoms with Crippen molar-refractivity contribution in [1.82, 2.24) is 0 Å². The van der Waals surface area contributed by atoms with Crippen LogP contribution in [0.5, 0.6) is 0 Å². The fourth-order valence-corrected chi connectivity index (χ4v) is 2.01. The van der Waals surface area contributed by atoms with E-state index < -0.39 is 0 Å². The number of aliphatic hydroxyl groups excluding tert-OH is 1. The Kier molecular flexibility index (Phi) is 6.40. The highest BCUT2D eigenvalue weighted by molar-refractivity contribution is 4.64. The van der Waals surface area contributed by atoms with Gasteiger partial charge >= 0.3 is 0 Å². The minimum atomic E-state index is -0.0891. The van der Waals surface area contributed by atoms with E-state index in [1.165, 1.54) is 6.42 Å². The highest BCUT2D eigenvalue weighted by atomic mass is 16.3. The van der Waals surface area contributed by atoms with Gasteiger partial charge in [-0.15, -0.1) is 0 Å². The lowest BCUT2D eigenvalue weighted by Gasteiger charge is -2.19. The third-order valence-corrected chi connectivity index (χ3v) is 2.29. The number of rotatable bonds is 6. The predicted molar refractivity (Wildman–Crippen MR) is 58.7 cm³/mol. The van der Waals surface area contributed by atoms with E-state index in [1.807, 2.05) is 0 Å². The van der Waals surface area contributed by atoms with E-state index in [9.17, 15) is 5.11 Å². The van der Waals surface area contributed by atoms with Crippen molar-refractivity contribution in [2.75, 3.05) is 0 Å². The zero-order chi connectivity index (χ0) is 10.4. The largest absolute Gasteiger partial charge is 0.393 e. The van der Waals surface area contributed by atoms with Crippen LogP contribution in [0.15, 0.2) is 0 Å². The second-order valence-corrected chi connectivity index (χ2v) is 5.25. The van der Waals surface area contributed by atoms with E-state index in [0.29, 0.717) is 11.8 Å². The Bertz CT molecular complexity index is 104. The molecule has 0 spiro atoms. The Hall–Kier alpha value is -0.0400. The Morgan fingerprint density at radius 2 is 1.23 bits per heavy atom. The molecule has 0 aromatic carbocycles. The quantitative estimate of drug-likeness (QED) is 0.673. The summed E-state index contributed by atoms with van der Waals surface area (Å²) in [5.41, 5.74) is 0. The molecule has 13 heavy (non-hydrogen) atoms. The fraction of sp³-hybridized carbons (Fsp3) is 1.00. The molecule has 80 valence electrons. The Labute approximate surface area is 83.5 Å². The molecule has 0 saturated carbocycles. The molecule has 0 fully saturated rings. The van der Waals surface area contributed by atoms with Crippen molar-refractivity contribution >= 4 is 0 Å². The summed E-state index contributed by atoms with van der Waals surface area (Å²) in [6.07, 6.45) is 3.06. The molecular formula is C12H26O. The van der Waals surface area contributed by atoms with Gasteiger partial charge in [0, 0.05) is 0 Å². The van der Waals surface area contributed by atoms with E-state index >= 15 is 0 Å². The Morgan fingerprint density at radius 1 is 0.769 bits per heavy atom. The summed E-state index contributed by atoms with van der Waals surface area (Å²) < 4.78 is 0. The van der Waals surface area contributed by atoms with Gasteiger partial charge in [-0.25, -0.2) is 0 Å². The first-order valence-corrected chi connectivity index (χ1v) is 5.59. The van der Waals surface area contributed by atoms with E-state index in [2.05, 4.69) is 34.6 Å². The van der Waals surface area contributed by atoms with Crippen molar-refractivity contribution in [2.24, 2.45) is 17.8 Å². The average molecular weight is 186 g/mol. The summed E-state index contributed by atoms with van der Waals surface area (Å²) in [6.45, 7) is 11.0. The molecule has 1 heteroatoms. The van der Waals surface area contributed by atoms with E-state index in [-0.39, 0.29) is 6.10 Å². The topological polar surface area (TPSA) is 20.2 Å². The van der Waals surface area contributed by atoms with E-state index in [1.54, 1.807) is 0 Å². The summed E-state index contributed by atoms with van der Waals surface area (Å²) in [5.74, 6) is 2.02. The van der Waals surface area contributed by atoms with E-state index in [0.717, 1.165) is 18.8 Å². The average Bonchev–Trinajstić information content (AvgIpc) is 1.80. The van der Waals surface area contributed by atoms with Crippen molar-refractivity contribution in [2.45, 2.75) is 60.0 Å². The normalized spacial score (nSPS) is 16.6. The van der Waals surface area contributed by atoms with Gasteiger partial charge in [-0.3, -0.25) is 0 Å². The smallest absolute Gasteiger partial charge is 0.0545 e. The molecule has 0 aliphatic heterocycles. The van der Waals surface area contributed by atoms with Crippen molar-refractivity contribution < 1.29 is 5.11 Å². The van der Waals surface area contributed by atoms with Crippen LogP contribution in [0.25, 0.3) is 0 Å². The van der Waals surface area contributed by atoms with Gasteiger partial charge in [0.15, 0.2) is 0 Å². The van der Waals surface area contributed by atoms with Gasteiger partial charge < -0.3 is 5.11 Å². The molecule has 0 bridgehead atoms. The van der Waals surface area contributed by atoms with Crippen molar-refractivity contribution in [3.05, 3.63) is 0 Å². The summed E-state index contributed by atoms with van der Waals surface area (Å²) in [5, 5.41) is 9.70. The van der Waals surface area contributed by atoms with Gasteiger partial charge in [-0.05, 0) is 37.0 Å². The van der Waals surface area contributed by atoms with Crippen LogP contribution in [0.2, 0.25) is 0 Å². The molecule has 0 unspecified atom stereocenters. The minimum Gasteiger partial charge on any atom is -0.393 e. The maximum absolute atomic E-state index is 9.70. The van der Waals surface area contributed by atoms with Gasteiger partial charge in [-0.2, -0.15) is 0 Å². The monoisotopic (exact) mass is 186 g/mol. The standard InChI is InChI=1S/C12H26O/c1-9(2)6-11(5)8-12(13)7-10(3)4/h9-13H,6-8H2,1-5H3/t11-,12-/m0/s1. The minimum absolute atomic E-state index is 0.0891. The first-order chi connectivity index (χ1) is 5.91. The molecule has 1 nitrogen and oxygen atoms in total. The first kappa shape index (κ1) is 13.0. The fourth-order valence-electron chi connectivity index (χ4n) is 2.01. The van der Waals surface area contributed by atoms with Crippen LogP contribution < -0.4 is 0 Å². The molecule has 1 N–H and O–H groups in total. The summed E-state index contributed by atoms with van der Waals surface area (Å²) >= 11 is 0. The maximum Gasteiger partial charge on any atom is 0.0545 e. The zero-order valence-electron chi connectivity index (χ0n) is 9.88. The lowest BCUT2D eigenvalue weighted by Crippen LogP contribution is -2.15. The summed E-state index contributed by atoms with van der Waals surface area (Å²) in [7, 11) is 0. The molecule has 2 atom stereocenters. The van der Waals surface area contributed by atoms with Gasteiger partial charge in [0.05, 0.1) is 6.10 Å². The molecule has 0 aliphatic carbocycles. The van der Waals surface area contributed by atoms with Crippen LogP contribution in [0.3, 0.4) is 0 Å². The second kappa shape index (κ2) is 6.42. The zero-order valence-corrected chi connectivity index (χ0v) is 9.88. The predicted octanol–water partition coefficient (Wildman–Crippen LogP) is 3.47. The number of hydrogen-bond acceptors (Lipinski definition) is 1. The highest BCUT2D eigenvalue weighted by Crippen LogP contribution is 2.19. The van der Waals surface area contributed by atoms with Crippen LogP contribution in [0.1, 0.15) is 53.9 Å². The molecule has 0 aromatic rings. The maximum atomic E-state index is 9.70. The van der Waals surface area contributed by atoms with Gasteiger partial charge in [0.2, 0.25) is 0 Å². The number of hydrogen-bond donors (Lipinski definition) is 1. The molecule has 0 rings (SSSR count). The van der Waals surface area contributed by atoms with Crippen LogP contribution >= 0.6 is 0 Å². The van der Waals surface area contributed by atoms with Crippen LogP contribution in [0, 0.1) is 17.8 Å². The molecule has 0 heterocycles. The molecular weight excluding hydrogens is 160 g/mol. The van der Waals surface area contributed by atoms with Crippen LogP contribution in [-0.2, 0) is 0 Å². The Balaban J connectivity index is 3.58. The van der Waals surface area contributed by atoms with Gasteiger partial charge in [0.25, 0.3) is 0 Å². The van der Waals surface area contributed by atoms with Crippen LogP contribution in [0.4, 0.5) is 0 Å². The number of aliphatic hydroxyl groups is 1. The van der Waals surface area contributed by atoms with Gasteiger partial charge in [-0.1, -0.05) is 34.6 Å². The highest BCUT2D eigenvalue weighted by Gasteiger charge is 2.12. The van der Waals surface area contributed by atoms with Crippen molar-refractivity contribution in [1.29, 1.82) is 0 Å². The summed E-state index contributed by atoms with van der Waals surface area (Å²) in [4.78, 5) is 0.